The lowest BCUT2D eigenvalue weighted by atomic mass is 10.0. The van der Waals surface area contributed by atoms with E-state index in [4.69, 9.17) is 11.6 Å². The van der Waals surface area contributed by atoms with Crippen molar-refractivity contribution < 1.29 is 8.42 Å². The Bertz CT molecular complexity index is 340. The van der Waals surface area contributed by atoms with E-state index < -0.39 is 10.2 Å². The first kappa shape index (κ1) is 16.2. The standard InChI is InChI=1S/C12H25ClN2O2S/c1-4-11(2)10-14(3)18(16,17)15-7-5-12(9-13)6-8-15/h11-12H,4-10H2,1-3H3. The van der Waals surface area contributed by atoms with Crippen LogP contribution in [-0.4, -0.2) is 49.6 Å². The Labute approximate surface area is 116 Å². The van der Waals surface area contributed by atoms with Gasteiger partial charge in [0.15, 0.2) is 0 Å². The van der Waals surface area contributed by atoms with E-state index in [1.807, 2.05) is 0 Å². The van der Waals surface area contributed by atoms with Crippen molar-refractivity contribution in [2.24, 2.45) is 11.8 Å². The third-order valence-corrected chi connectivity index (χ3v) is 6.17. The van der Waals surface area contributed by atoms with Gasteiger partial charge in [-0.25, -0.2) is 0 Å². The summed E-state index contributed by atoms with van der Waals surface area (Å²) in [7, 11) is -1.60. The van der Waals surface area contributed by atoms with Crippen LogP contribution >= 0.6 is 11.6 Å². The maximum Gasteiger partial charge on any atom is 0.281 e. The van der Waals surface area contributed by atoms with Crippen LogP contribution in [0.4, 0.5) is 0 Å². The van der Waals surface area contributed by atoms with Crippen LogP contribution in [0.15, 0.2) is 0 Å². The van der Waals surface area contributed by atoms with E-state index >= 15 is 0 Å². The Morgan fingerprint density at radius 3 is 2.39 bits per heavy atom. The topological polar surface area (TPSA) is 40.6 Å². The Morgan fingerprint density at radius 1 is 1.39 bits per heavy atom. The van der Waals surface area contributed by atoms with Gasteiger partial charge in [0.25, 0.3) is 10.2 Å². The van der Waals surface area contributed by atoms with Crippen LogP contribution in [0.2, 0.25) is 0 Å². The molecule has 0 aromatic carbocycles. The number of nitrogens with zero attached hydrogens (tertiary/aromatic N) is 2. The van der Waals surface area contributed by atoms with E-state index in [0.717, 1.165) is 19.3 Å². The third-order valence-electron chi connectivity index (χ3n) is 3.78. The normalized spacial score (nSPS) is 21.4. The first-order chi connectivity index (χ1) is 8.41. The zero-order valence-electron chi connectivity index (χ0n) is 11.6. The molecular weight excluding hydrogens is 272 g/mol. The Balaban J connectivity index is 2.58. The maximum absolute atomic E-state index is 12.4. The Hall–Kier alpha value is 0.160. The largest absolute Gasteiger partial charge is 0.281 e. The van der Waals surface area contributed by atoms with Crippen molar-refractivity contribution in [1.29, 1.82) is 0 Å². The first-order valence-corrected chi connectivity index (χ1v) is 8.62. The molecule has 1 heterocycles. The summed E-state index contributed by atoms with van der Waals surface area (Å²) in [5.74, 6) is 1.50. The lowest BCUT2D eigenvalue weighted by molar-refractivity contribution is 0.266. The van der Waals surface area contributed by atoms with Crippen molar-refractivity contribution in [2.75, 3.05) is 32.6 Å². The van der Waals surface area contributed by atoms with Crippen LogP contribution < -0.4 is 0 Å². The van der Waals surface area contributed by atoms with Crippen molar-refractivity contribution in [3.63, 3.8) is 0 Å². The number of alkyl halides is 1. The monoisotopic (exact) mass is 296 g/mol. The molecular formula is C12H25ClN2O2S. The minimum absolute atomic E-state index is 0.394. The summed E-state index contributed by atoms with van der Waals surface area (Å²) in [6.45, 7) is 5.95. The fourth-order valence-corrected chi connectivity index (χ4v) is 3.97. The quantitative estimate of drug-likeness (QED) is 0.705. The molecule has 18 heavy (non-hydrogen) atoms. The Morgan fingerprint density at radius 2 is 1.94 bits per heavy atom. The zero-order valence-corrected chi connectivity index (χ0v) is 13.2. The number of piperidine rings is 1. The van der Waals surface area contributed by atoms with Crippen LogP contribution in [0, 0.1) is 11.8 Å². The predicted octanol–water partition coefficient (Wildman–Crippen LogP) is 2.16. The molecule has 0 N–H and O–H groups in total. The lowest BCUT2D eigenvalue weighted by Gasteiger charge is -2.33. The van der Waals surface area contributed by atoms with Gasteiger partial charge in [0.05, 0.1) is 0 Å². The molecule has 1 aliphatic rings. The summed E-state index contributed by atoms with van der Waals surface area (Å²) in [6, 6.07) is 0. The van der Waals surface area contributed by atoms with Gasteiger partial charge in [-0.3, -0.25) is 0 Å². The average Bonchev–Trinajstić information content (AvgIpc) is 2.38. The molecule has 108 valence electrons. The minimum Gasteiger partial charge on any atom is -0.195 e. The van der Waals surface area contributed by atoms with E-state index in [2.05, 4.69) is 13.8 Å². The highest BCUT2D eigenvalue weighted by Crippen LogP contribution is 2.22. The summed E-state index contributed by atoms with van der Waals surface area (Å²) in [6.07, 6.45) is 2.74. The number of hydrogen-bond donors (Lipinski definition) is 0. The molecule has 0 amide bonds. The number of hydrogen-bond acceptors (Lipinski definition) is 2. The molecule has 0 bridgehead atoms. The van der Waals surface area contributed by atoms with Crippen LogP contribution in [0.25, 0.3) is 0 Å². The molecule has 1 atom stereocenters. The highest BCUT2D eigenvalue weighted by molar-refractivity contribution is 7.86. The van der Waals surface area contributed by atoms with Gasteiger partial charge in [0.1, 0.15) is 0 Å². The van der Waals surface area contributed by atoms with E-state index in [0.29, 0.717) is 37.4 Å². The highest BCUT2D eigenvalue weighted by Gasteiger charge is 2.31. The molecule has 1 saturated heterocycles. The average molecular weight is 297 g/mol. The van der Waals surface area contributed by atoms with Crippen LogP contribution in [0.5, 0.6) is 0 Å². The van der Waals surface area contributed by atoms with Gasteiger partial charge in [0.2, 0.25) is 0 Å². The SMILES string of the molecule is CCC(C)CN(C)S(=O)(=O)N1CCC(CCl)CC1. The molecule has 1 fully saturated rings. The van der Waals surface area contributed by atoms with Crippen molar-refractivity contribution in [2.45, 2.75) is 33.1 Å². The minimum atomic E-state index is -3.28. The van der Waals surface area contributed by atoms with Gasteiger partial charge in [-0.15, -0.1) is 11.6 Å². The van der Waals surface area contributed by atoms with Crippen molar-refractivity contribution in [3.05, 3.63) is 0 Å². The van der Waals surface area contributed by atoms with Crippen molar-refractivity contribution >= 4 is 21.8 Å². The van der Waals surface area contributed by atoms with Crippen molar-refractivity contribution in [3.8, 4) is 0 Å². The third kappa shape index (κ3) is 4.08. The molecule has 6 heteroatoms. The van der Waals surface area contributed by atoms with E-state index in [1.54, 1.807) is 11.4 Å². The fraction of sp³-hybridized carbons (Fsp3) is 1.00. The van der Waals surface area contributed by atoms with Gasteiger partial charge < -0.3 is 0 Å². The summed E-state index contributed by atoms with van der Waals surface area (Å²) in [5, 5.41) is 0. The summed E-state index contributed by atoms with van der Waals surface area (Å²) < 4.78 is 27.8. The number of halogens is 1. The van der Waals surface area contributed by atoms with Crippen LogP contribution in [0.3, 0.4) is 0 Å². The molecule has 0 saturated carbocycles. The van der Waals surface area contributed by atoms with Gasteiger partial charge in [-0.1, -0.05) is 20.3 Å². The second kappa shape index (κ2) is 7.08. The van der Waals surface area contributed by atoms with E-state index in [1.165, 1.54) is 4.31 Å². The predicted molar refractivity (Wildman–Crippen MR) is 76.0 cm³/mol. The fourth-order valence-electron chi connectivity index (χ4n) is 2.15. The second-order valence-corrected chi connectivity index (χ2v) is 7.64. The zero-order chi connectivity index (χ0) is 13.8. The summed E-state index contributed by atoms with van der Waals surface area (Å²) in [4.78, 5) is 0. The van der Waals surface area contributed by atoms with Crippen LogP contribution in [-0.2, 0) is 10.2 Å². The second-order valence-electron chi connectivity index (χ2n) is 5.30. The maximum atomic E-state index is 12.4. The highest BCUT2D eigenvalue weighted by atomic mass is 35.5. The van der Waals surface area contributed by atoms with Gasteiger partial charge in [-0.05, 0) is 24.7 Å². The van der Waals surface area contributed by atoms with E-state index in [9.17, 15) is 8.42 Å². The van der Waals surface area contributed by atoms with E-state index in [-0.39, 0.29) is 0 Å². The van der Waals surface area contributed by atoms with Gasteiger partial charge >= 0.3 is 0 Å². The summed E-state index contributed by atoms with van der Waals surface area (Å²) in [5.41, 5.74) is 0. The van der Waals surface area contributed by atoms with Crippen molar-refractivity contribution in [1.82, 2.24) is 8.61 Å². The molecule has 4 nitrogen and oxygen atoms in total. The molecule has 0 radical (unpaired) electrons. The molecule has 1 rings (SSSR count). The molecule has 1 unspecified atom stereocenters. The molecule has 0 spiro atoms. The number of rotatable bonds is 6. The smallest absolute Gasteiger partial charge is 0.195 e. The molecule has 1 aliphatic heterocycles. The van der Waals surface area contributed by atoms with Gasteiger partial charge in [-0.2, -0.15) is 17.0 Å². The molecule has 0 aromatic heterocycles. The van der Waals surface area contributed by atoms with Gasteiger partial charge in [0, 0.05) is 32.6 Å². The van der Waals surface area contributed by atoms with Crippen LogP contribution in [0.1, 0.15) is 33.1 Å². The Kier molecular flexibility index (Phi) is 6.38. The molecule has 0 aliphatic carbocycles. The molecule has 0 aromatic rings. The first-order valence-electron chi connectivity index (χ1n) is 6.69. The summed E-state index contributed by atoms with van der Waals surface area (Å²) >= 11 is 5.81. The lowest BCUT2D eigenvalue weighted by Crippen LogP contribution is -2.46.